The Morgan fingerprint density at radius 3 is 2.32 bits per heavy atom. The maximum atomic E-state index is 14.0. The number of alkyl halides is 3. The number of methoxy groups -OCH3 is 1. The van der Waals surface area contributed by atoms with E-state index in [0.29, 0.717) is 0 Å². The molecule has 1 heterocycles. The third-order valence-corrected chi connectivity index (χ3v) is 4.23. The number of hydrogen-bond acceptors (Lipinski definition) is 4. The van der Waals surface area contributed by atoms with Gasteiger partial charge in [0.15, 0.2) is 0 Å². The maximum absolute atomic E-state index is 14.0. The van der Waals surface area contributed by atoms with E-state index in [1.807, 2.05) is 5.32 Å². The molecule has 1 aromatic carbocycles. The first kappa shape index (κ1) is 21.8. The van der Waals surface area contributed by atoms with Gasteiger partial charge in [-0.1, -0.05) is 23.2 Å². The number of nitrogens with one attached hydrogen (secondary N) is 3. The van der Waals surface area contributed by atoms with Crippen LogP contribution in [0.25, 0.3) is 0 Å². The first-order valence-corrected chi connectivity index (χ1v) is 8.45. The van der Waals surface area contributed by atoms with E-state index in [9.17, 15) is 22.8 Å². The average molecular weight is 437 g/mol. The zero-order valence-corrected chi connectivity index (χ0v) is 16.1. The standard InChI is InChI=1S/C17H14Cl2F3N3O3/c1-9-3-6-13(23-8-9)24-16(15(27)28-2,17(20,21)22)25-14(26)11-5-4-10(18)7-12(11)19/h3-8H,1-2H3,(H,23,24)(H,25,26)/p+1/t16-/m0/s1. The van der Waals surface area contributed by atoms with Crippen molar-refractivity contribution in [1.82, 2.24) is 5.32 Å². The molecular weight excluding hydrogens is 422 g/mol. The van der Waals surface area contributed by atoms with Crippen LogP contribution in [0.15, 0.2) is 36.5 Å². The molecule has 0 saturated heterocycles. The van der Waals surface area contributed by atoms with Crippen molar-refractivity contribution >= 4 is 40.9 Å². The molecule has 0 aliphatic rings. The highest BCUT2D eigenvalue weighted by atomic mass is 35.5. The molecule has 0 unspecified atom stereocenters. The van der Waals surface area contributed by atoms with Crippen LogP contribution in [0.3, 0.4) is 0 Å². The van der Waals surface area contributed by atoms with E-state index in [4.69, 9.17) is 23.2 Å². The van der Waals surface area contributed by atoms with Gasteiger partial charge in [0.2, 0.25) is 0 Å². The lowest BCUT2D eigenvalue weighted by Gasteiger charge is -2.30. The lowest BCUT2D eigenvalue weighted by atomic mass is 10.1. The summed E-state index contributed by atoms with van der Waals surface area (Å²) in [6.07, 6.45) is -3.86. The summed E-state index contributed by atoms with van der Waals surface area (Å²) >= 11 is 11.6. The van der Waals surface area contributed by atoms with Crippen LogP contribution in [-0.4, -0.2) is 30.8 Å². The van der Waals surface area contributed by atoms with E-state index in [2.05, 4.69) is 9.72 Å². The highest BCUT2D eigenvalue weighted by Gasteiger charge is 2.67. The zero-order chi connectivity index (χ0) is 21.1. The lowest BCUT2D eigenvalue weighted by molar-refractivity contribution is -0.363. The van der Waals surface area contributed by atoms with Gasteiger partial charge in [-0.25, -0.2) is 15.1 Å². The highest BCUT2D eigenvalue weighted by Crippen LogP contribution is 2.33. The number of halogens is 5. The van der Waals surface area contributed by atoms with Gasteiger partial charge < -0.3 is 4.74 Å². The summed E-state index contributed by atoms with van der Waals surface area (Å²) in [5.41, 5.74) is -3.15. The van der Waals surface area contributed by atoms with Crippen molar-refractivity contribution in [2.75, 3.05) is 12.4 Å². The molecule has 11 heteroatoms. The molecule has 0 radical (unpaired) electrons. The van der Waals surface area contributed by atoms with Gasteiger partial charge >= 0.3 is 17.8 Å². The molecule has 0 aliphatic carbocycles. The molecule has 6 nitrogen and oxygen atoms in total. The van der Waals surface area contributed by atoms with E-state index in [1.54, 1.807) is 12.2 Å². The van der Waals surface area contributed by atoms with E-state index in [-0.39, 0.29) is 21.4 Å². The molecule has 3 N–H and O–H groups in total. The Bertz CT molecular complexity index is 891. The summed E-state index contributed by atoms with van der Waals surface area (Å²) < 4.78 is 46.2. The molecule has 1 aromatic heterocycles. The van der Waals surface area contributed by atoms with Crippen molar-refractivity contribution < 1.29 is 32.5 Å². The molecule has 0 spiro atoms. The van der Waals surface area contributed by atoms with Crippen LogP contribution in [-0.2, 0) is 9.53 Å². The molecule has 150 valence electrons. The number of anilines is 1. The normalized spacial score (nSPS) is 13.4. The van der Waals surface area contributed by atoms with Crippen LogP contribution in [0.5, 0.6) is 0 Å². The minimum Gasteiger partial charge on any atom is -0.464 e. The Kier molecular flexibility index (Phi) is 6.41. The molecule has 0 bridgehead atoms. The fourth-order valence-electron chi connectivity index (χ4n) is 2.24. The lowest BCUT2D eigenvalue weighted by Crippen LogP contribution is -2.69. The van der Waals surface area contributed by atoms with Crippen molar-refractivity contribution in [3.05, 3.63) is 57.7 Å². The van der Waals surface area contributed by atoms with E-state index >= 15 is 0 Å². The number of aromatic nitrogens is 1. The number of H-pyrrole nitrogens is 1. The molecule has 0 fully saturated rings. The number of carbonyl (C=O) groups is 2. The largest absolute Gasteiger partial charge is 0.464 e. The van der Waals surface area contributed by atoms with Crippen LogP contribution in [0.2, 0.25) is 10.0 Å². The first-order chi connectivity index (χ1) is 13.0. The van der Waals surface area contributed by atoms with Crippen molar-refractivity contribution in [3.63, 3.8) is 0 Å². The number of benzene rings is 1. The minimum atomic E-state index is -5.27. The van der Waals surface area contributed by atoms with E-state index < -0.39 is 23.7 Å². The third-order valence-electron chi connectivity index (χ3n) is 3.68. The molecule has 0 aliphatic heterocycles. The Hall–Kier alpha value is -2.52. The van der Waals surface area contributed by atoms with Gasteiger partial charge in [0.1, 0.15) is 0 Å². The van der Waals surface area contributed by atoms with Crippen LogP contribution >= 0.6 is 23.2 Å². The number of hydrogen-bond donors (Lipinski definition) is 2. The Morgan fingerprint density at radius 1 is 1.14 bits per heavy atom. The molecule has 2 aromatic rings. The quantitative estimate of drug-likeness (QED) is 0.555. The van der Waals surface area contributed by atoms with Crippen molar-refractivity contribution in [2.24, 2.45) is 0 Å². The Morgan fingerprint density at radius 2 is 1.82 bits per heavy atom. The van der Waals surface area contributed by atoms with Gasteiger partial charge in [-0.3, -0.25) is 10.1 Å². The fraction of sp³-hybridized carbons (Fsp3) is 0.235. The molecule has 1 amide bonds. The maximum Gasteiger partial charge on any atom is 0.464 e. The van der Waals surface area contributed by atoms with Gasteiger partial charge in [0.25, 0.3) is 11.7 Å². The van der Waals surface area contributed by atoms with Gasteiger partial charge in [-0.2, -0.15) is 13.2 Å². The number of ether oxygens (including phenoxy) is 1. The van der Waals surface area contributed by atoms with Crippen LogP contribution in [0.4, 0.5) is 19.0 Å². The summed E-state index contributed by atoms with van der Waals surface area (Å²) in [7, 11) is 0.769. The summed E-state index contributed by atoms with van der Waals surface area (Å²) in [6, 6.07) is 6.38. The first-order valence-electron chi connectivity index (χ1n) is 7.69. The summed E-state index contributed by atoms with van der Waals surface area (Å²) in [6.45, 7) is 1.71. The smallest absolute Gasteiger partial charge is 0.464 e. The number of aromatic amines is 1. The predicted molar refractivity (Wildman–Crippen MR) is 96.1 cm³/mol. The number of pyridine rings is 1. The zero-order valence-electron chi connectivity index (χ0n) is 14.6. The van der Waals surface area contributed by atoms with Gasteiger partial charge in [-0.05, 0) is 36.8 Å². The minimum absolute atomic E-state index is 0.184. The second-order valence-electron chi connectivity index (χ2n) is 5.72. The van der Waals surface area contributed by atoms with Gasteiger partial charge in [0, 0.05) is 11.1 Å². The number of esters is 1. The van der Waals surface area contributed by atoms with Crippen LogP contribution in [0.1, 0.15) is 15.9 Å². The highest BCUT2D eigenvalue weighted by molar-refractivity contribution is 6.36. The molecule has 1 atom stereocenters. The van der Waals surface area contributed by atoms with Crippen molar-refractivity contribution in [3.8, 4) is 0 Å². The molecular formula is C17H15Cl2F3N3O3+. The summed E-state index contributed by atoms with van der Waals surface area (Å²) in [5, 5.41) is 3.65. The van der Waals surface area contributed by atoms with Crippen molar-refractivity contribution in [2.45, 2.75) is 18.8 Å². The second-order valence-corrected chi connectivity index (χ2v) is 6.57. The number of rotatable bonds is 5. The number of amides is 1. The molecule has 2 rings (SSSR count). The van der Waals surface area contributed by atoms with Gasteiger partial charge in [0.05, 0.1) is 23.9 Å². The monoisotopic (exact) mass is 436 g/mol. The Balaban J connectivity index is 2.51. The summed E-state index contributed by atoms with van der Waals surface area (Å²) in [5.74, 6) is -3.22. The van der Waals surface area contributed by atoms with E-state index in [1.165, 1.54) is 30.5 Å². The predicted octanol–water partition coefficient (Wildman–Crippen LogP) is 3.39. The number of carbonyl (C=O) groups excluding carboxylic acids is 2. The average Bonchev–Trinajstić information content (AvgIpc) is 2.61. The second kappa shape index (κ2) is 8.24. The summed E-state index contributed by atoms with van der Waals surface area (Å²) in [4.78, 5) is 27.2. The van der Waals surface area contributed by atoms with Crippen LogP contribution in [0, 0.1) is 6.92 Å². The third kappa shape index (κ3) is 4.48. The SMILES string of the molecule is COC(=O)[C@@](NC(=O)c1ccc(Cl)cc1Cl)(Nc1ccc(C)c[nH+]1)C(F)(F)F. The fourth-order valence-corrected chi connectivity index (χ4v) is 2.73. The number of aryl methyl sites for hydroxylation is 1. The molecule has 0 saturated carbocycles. The van der Waals surface area contributed by atoms with Crippen LogP contribution < -0.4 is 15.6 Å². The topological polar surface area (TPSA) is 81.6 Å². The Labute approximate surface area is 168 Å². The molecule has 28 heavy (non-hydrogen) atoms. The van der Waals surface area contributed by atoms with Gasteiger partial charge in [-0.15, -0.1) is 0 Å². The van der Waals surface area contributed by atoms with E-state index in [0.717, 1.165) is 18.7 Å². The van der Waals surface area contributed by atoms with Crippen molar-refractivity contribution in [1.29, 1.82) is 0 Å².